The summed E-state index contributed by atoms with van der Waals surface area (Å²) in [5.41, 5.74) is 1.42. The van der Waals surface area contributed by atoms with Crippen molar-refractivity contribution in [1.82, 2.24) is 0 Å². The van der Waals surface area contributed by atoms with Crippen molar-refractivity contribution >= 4 is 10.1 Å². The molecule has 1 N–H and O–H groups in total. The van der Waals surface area contributed by atoms with Gasteiger partial charge in [0, 0.05) is 5.57 Å². The maximum Gasteiger partial charge on any atom is 0.295 e. The van der Waals surface area contributed by atoms with E-state index in [0.29, 0.717) is 5.57 Å². The van der Waals surface area contributed by atoms with Gasteiger partial charge in [0.25, 0.3) is 10.1 Å². The van der Waals surface area contributed by atoms with Crippen LogP contribution < -0.4 is 0 Å². The number of fused-ring (bicyclic) bond motifs is 1. The second-order valence-corrected chi connectivity index (χ2v) is 3.96. The second-order valence-electron chi connectivity index (χ2n) is 2.57. The molecule has 0 fully saturated rings. The highest BCUT2D eigenvalue weighted by atomic mass is 32.2. The zero-order valence-corrected chi connectivity index (χ0v) is 6.88. The molecule has 0 saturated carbocycles. The zero-order chi connectivity index (χ0) is 8.77. The van der Waals surface area contributed by atoms with Crippen molar-refractivity contribution in [1.29, 1.82) is 0 Å². The number of rotatable bonds is 1. The lowest BCUT2D eigenvalue weighted by atomic mass is 10.2. The van der Waals surface area contributed by atoms with Crippen LogP contribution in [-0.2, 0) is 10.1 Å². The van der Waals surface area contributed by atoms with Crippen LogP contribution in [0.4, 0.5) is 0 Å². The van der Waals surface area contributed by atoms with Crippen LogP contribution in [0.1, 0.15) is 0 Å². The fraction of sp³-hybridized carbons (Fsp3) is 0. The van der Waals surface area contributed by atoms with E-state index in [2.05, 4.69) is 0 Å². The van der Waals surface area contributed by atoms with Crippen LogP contribution in [0.15, 0.2) is 46.4 Å². The average Bonchev–Trinajstić information content (AvgIpc) is 2.37. The molecule has 0 aromatic rings. The first-order valence-electron chi connectivity index (χ1n) is 3.37. The topological polar surface area (TPSA) is 54.4 Å². The van der Waals surface area contributed by atoms with Gasteiger partial charge in [0.1, 0.15) is 4.91 Å². The summed E-state index contributed by atoms with van der Waals surface area (Å²) < 4.78 is 30.3. The minimum absolute atomic E-state index is 0.0116. The number of hydrogen-bond acceptors (Lipinski definition) is 2. The summed E-state index contributed by atoms with van der Waals surface area (Å²) in [6.07, 6.45) is 8.28. The molecular formula is C8H6O3S. The summed E-state index contributed by atoms with van der Waals surface area (Å²) in [4.78, 5) is -0.0116. The Kier molecular flexibility index (Phi) is 1.37. The van der Waals surface area contributed by atoms with Gasteiger partial charge in [0.15, 0.2) is 0 Å². The van der Waals surface area contributed by atoms with Crippen molar-refractivity contribution in [2.75, 3.05) is 0 Å². The van der Waals surface area contributed by atoms with Crippen molar-refractivity contribution < 1.29 is 13.0 Å². The molecule has 0 amide bonds. The van der Waals surface area contributed by atoms with Gasteiger partial charge in [-0.3, -0.25) is 4.55 Å². The lowest BCUT2D eigenvalue weighted by molar-refractivity contribution is 0.492. The molecule has 0 aromatic carbocycles. The van der Waals surface area contributed by atoms with Crippen LogP contribution in [0.25, 0.3) is 0 Å². The molecule has 3 nitrogen and oxygen atoms in total. The van der Waals surface area contributed by atoms with E-state index in [-0.39, 0.29) is 4.91 Å². The lowest BCUT2D eigenvalue weighted by Gasteiger charge is -1.99. The zero-order valence-electron chi connectivity index (χ0n) is 6.06. The monoisotopic (exact) mass is 182 g/mol. The van der Waals surface area contributed by atoms with E-state index in [0.717, 1.165) is 5.57 Å². The molecule has 0 saturated heterocycles. The Morgan fingerprint density at radius 3 is 2.58 bits per heavy atom. The molecule has 0 radical (unpaired) electrons. The summed E-state index contributed by atoms with van der Waals surface area (Å²) >= 11 is 0. The minimum atomic E-state index is -4.06. The Labute approximate surface area is 70.2 Å². The molecule has 0 aliphatic heterocycles. The predicted octanol–water partition coefficient (Wildman–Crippen LogP) is 1.19. The van der Waals surface area contributed by atoms with Crippen LogP contribution in [0, 0.1) is 0 Å². The summed E-state index contributed by atoms with van der Waals surface area (Å²) in [7, 11) is -4.06. The van der Waals surface area contributed by atoms with Crippen LogP contribution >= 0.6 is 0 Å². The van der Waals surface area contributed by atoms with Crippen molar-refractivity contribution in [3.63, 3.8) is 0 Å². The maximum absolute atomic E-state index is 10.8. The fourth-order valence-corrected chi connectivity index (χ4v) is 1.99. The molecule has 62 valence electrons. The highest BCUT2D eigenvalue weighted by Crippen LogP contribution is 2.33. The first-order chi connectivity index (χ1) is 5.59. The van der Waals surface area contributed by atoms with Gasteiger partial charge in [-0.15, -0.1) is 0 Å². The number of hydrogen-bond donors (Lipinski definition) is 1. The molecule has 0 bridgehead atoms. The Morgan fingerprint density at radius 1 is 1.17 bits per heavy atom. The van der Waals surface area contributed by atoms with Gasteiger partial charge in [-0.25, -0.2) is 0 Å². The van der Waals surface area contributed by atoms with Crippen molar-refractivity contribution in [3.8, 4) is 0 Å². The summed E-state index contributed by atoms with van der Waals surface area (Å²) in [6, 6.07) is 0. The van der Waals surface area contributed by atoms with Gasteiger partial charge in [-0.2, -0.15) is 8.42 Å². The Hall–Kier alpha value is -1.13. The molecule has 12 heavy (non-hydrogen) atoms. The van der Waals surface area contributed by atoms with Crippen LogP contribution in [0.5, 0.6) is 0 Å². The second kappa shape index (κ2) is 2.18. The molecule has 0 atom stereocenters. The Balaban J connectivity index is 2.51. The standard InChI is InChI=1S/C8H6O3S/c9-12(10,11)8-5-4-6-2-1-3-7(6)8/h1-5H,(H,9,10,11). The van der Waals surface area contributed by atoms with Gasteiger partial charge in [0.05, 0.1) is 0 Å². The summed E-state index contributed by atoms with van der Waals surface area (Å²) in [5, 5.41) is 0. The largest absolute Gasteiger partial charge is 0.295 e. The highest BCUT2D eigenvalue weighted by molar-refractivity contribution is 7.90. The molecule has 2 rings (SSSR count). The first kappa shape index (κ1) is 7.52. The van der Waals surface area contributed by atoms with Crippen molar-refractivity contribution in [2.45, 2.75) is 0 Å². The molecule has 2 aliphatic rings. The summed E-state index contributed by atoms with van der Waals surface area (Å²) in [6.45, 7) is 0. The average molecular weight is 182 g/mol. The Bertz CT molecular complexity index is 447. The molecule has 0 aromatic heterocycles. The van der Waals surface area contributed by atoms with Crippen molar-refractivity contribution in [3.05, 3.63) is 46.4 Å². The van der Waals surface area contributed by atoms with Gasteiger partial charge in [0.2, 0.25) is 0 Å². The smallest absolute Gasteiger partial charge is 0.282 e. The molecule has 2 aliphatic carbocycles. The van der Waals surface area contributed by atoms with Crippen molar-refractivity contribution in [2.24, 2.45) is 0 Å². The van der Waals surface area contributed by atoms with E-state index in [1.54, 1.807) is 24.3 Å². The van der Waals surface area contributed by atoms with Crippen LogP contribution in [0.2, 0.25) is 0 Å². The maximum atomic E-state index is 10.8. The molecular weight excluding hydrogens is 176 g/mol. The van der Waals surface area contributed by atoms with Gasteiger partial charge < -0.3 is 0 Å². The van der Waals surface area contributed by atoms with Gasteiger partial charge in [-0.05, 0) is 11.6 Å². The van der Waals surface area contributed by atoms with Crippen LogP contribution in [-0.4, -0.2) is 13.0 Å². The van der Waals surface area contributed by atoms with Gasteiger partial charge in [-0.1, -0.05) is 24.3 Å². The fourth-order valence-electron chi connectivity index (χ4n) is 1.28. The molecule has 4 heteroatoms. The Morgan fingerprint density at radius 2 is 1.92 bits per heavy atom. The van der Waals surface area contributed by atoms with E-state index in [1.165, 1.54) is 6.08 Å². The molecule has 0 unspecified atom stereocenters. The lowest BCUT2D eigenvalue weighted by Crippen LogP contribution is -2.01. The third-order valence-corrected chi connectivity index (χ3v) is 2.72. The predicted molar refractivity (Wildman–Crippen MR) is 44.9 cm³/mol. The highest BCUT2D eigenvalue weighted by Gasteiger charge is 2.24. The minimum Gasteiger partial charge on any atom is -0.282 e. The quantitative estimate of drug-likeness (QED) is 0.620. The van der Waals surface area contributed by atoms with E-state index in [9.17, 15) is 8.42 Å². The molecule has 0 heterocycles. The van der Waals surface area contributed by atoms with Gasteiger partial charge >= 0.3 is 0 Å². The van der Waals surface area contributed by atoms with E-state index >= 15 is 0 Å². The third-order valence-electron chi connectivity index (χ3n) is 1.81. The third kappa shape index (κ3) is 0.964. The van der Waals surface area contributed by atoms with E-state index < -0.39 is 10.1 Å². The van der Waals surface area contributed by atoms with E-state index in [1.807, 2.05) is 0 Å². The molecule has 0 spiro atoms. The number of allylic oxidation sites excluding steroid dienone is 7. The SMILES string of the molecule is O=S(=O)(O)C1=CC=C2C=CC=C21. The first-order valence-corrected chi connectivity index (χ1v) is 4.81. The normalized spacial score (nSPS) is 20.2. The van der Waals surface area contributed by atoms with Crippen LogP contribution in [0.3, 0.4) is 0 Å². The summed E-state index contributed by atoms with van der Waals surface area (Å²) in [5.74, 6) is 0. The van der Waals surface area contributed by atoms with E-state index in [4.69, 9.17) is 4.55 Å².